The Balaban J connectivity index is 1.41. The molecule has 1 N–H and O–H groups in total. The van der Waals surface area contributed by atoms with Crippen molar-refractivity contribution >= 4 is 22.7 Å². The van der Waals surface area contributed by atoms with Gasteiger partial charge in [0.25, 0.3) is 0 Å². The number of hydrogen-bond donors (Lipinski definition) is 1. The summed E-state index contributed by atoms with van der Waals surface area (Å²) in [6, 6.07) is 24.1. The second-order valence-electron chi connectivity index (χ2n) is 10.3. The second-order valence-corrected chi connectivity index (χ2v) is 10.3. The summed E-state index contributed by atoms with van der Waals surface area (Å²) < 4.78 is 14.0. The van der Waals surface area contributed by atoms with Crippen LogP contribution in [0, 0.1) is 11.7 Å². The van der Waals surface area contributed by atoms with E-state index in [0.717, 1.165) is 58.1 Å². The van der Waals surface area contributed by atoms with E-state index in [1.807, 2.05) is 65.6 Å². The maximum absolute atomic E-state index is 14.0. The molecule has 6 heteroatoms. The molecular formula is C32H30FN3O2. The van der Waals surface area contributed by atoms with Crippen molar-refractivity contribution in [3.05, 3.63) is 101 Å². The van der Waals surface area contributed by atoms with Crippen LogP contribution in [-0.2, 0) is 22.6 Å². The van der Waals surface area contributed by atoms with Crippen LogP contribution in [0.4, 0.5) is 4.39 Å². The number of carbonyl (C=O) groups excluding carboxylic acids is 2. The third kappa shape index (κ3) is 5.03. The first kappa shape index (κ1) is 24.3. The molecule has 1 saturated heterocycles. The van der Waals surface area contributed by atoms with Gasteiger partial charge in [-0.3, -0.25) is 9.59 Å². The predicted molar refractivity (Wildman–Crippen MR) is 146 cm³/mol. The normalized spacial score (nSPS) is 16.1. The summed E-state index contributed by atoms with van der Waals surface area (Å²) in [4.78, 5) is 33.2. The van der Waals surface area contributed by atoms with Gasteiger partial charge >= 0.3 is 0 Å². The van der Waals surface area contributed by atoms with Gasteiger partial charge in [0.1, 0.15) is 5.82 Å². The van der Waals surface area contributed by atoms with Crippen molar-refractivity contribution in [3.63, 3.8) is 0 Å². The number of carbonyl (C=O) groups is 2. The number of pyridine rings is 1. The van der Waals surface area contributed by atoms with E-state index >= 15 is 0 Å². The fourth-order valence-electron chi connectivity index (χ4n) is 5.58. The lowest BCUT2D eigenvalue weighted by Gasteiger charge is -2.23. The van der Waals surface area contributed by atoms with Gasteiger partial charge in [0.2, 0.25) is 11.8 Å². The van der Waals surface area contributed by atoms with Gasteiger partial charge in [-0.1, -0.05) is 60.7 Å². The highest BCUT2D eigenvalue weighted by molar-refractivity contribution is 5.92. The molecule has 192 valence electrons. The van der Waals surface area contributed by atoms with Crippen LogP contribution in [0.2, 0.25) is 0 Å². The highest BCUT2D eigenvalue weighted by atomic mass is 19.1. The average Bonchev–Trinajstić information content (AvgIpc) is 3.70. The first-order valence-corrected chi connectivity index (χ1v) is 13.4. The van der Waals surface area contributed by atoms with Gasteiger partial charge in [0.05, 0.1) is 23.7 Å². The summed E-state index contributed by atoms with van der Waals surface area (Å²) in [6.07, 6.45) is 3.57. The minimum Gasteiger partial charge on any atom is -0.349 e. The fourth-order valence-corrected chi connectivity index (χ4v) is 5.58. The summed E-state index contributed by atoms with van der Waals surface area (Å²) >= 11 is 0. The van der Waals surface area contributed by atoms with Crippen LogP contribution in [0.15, 0.2) is 78.9 Å². The van der Waals surface area contributed by atoms with Crippen molar-refractivity contribution in [1.29, 1.82) is 0 Å². The largest absolute Gasteiger partial charge is 0.349 e. The first-order valence-electron chi connectivity index (χ1n) is 13.4. The van der Waals surface area contributed by atoms with E-state index in [2.05, 4.69) is 5.32 Å². The third-order valence-electron chi connectivity index (χ3n) is 7.63. The number of fused-ring (bicyclic) bond motifs is 1. The number of nitrogens with zero attached hydrogens (tertiary/aromatic N) is 2. The Morgan fingerprint density at radius 2 is 1.79 bits per heavy atom. The highest BCUT2D eigenvalue weighted by Crippen LogP contribution is 2.41. The van der Waals surface area contributed by atoms with Crippen molar-refractivity contribution in [2.24, 2.45) is 5.92 Å². The molecule has 5 nitrogen and oxygen atoms in total. The standard InChI is InChI=1S/C32H30FN3O2/c33-24-11-6-10-23(18-24)31(22-15-16-22)35-29(37)19-26-25-12-4-5-13-28(25)34-32(21-8-2-1-3-9-21)27(26)20-36-17-7-14-30(36)38/h1-6,8-13,18,22,31H,7,14-17,19-20H2,(H,35,37)/t31-/m0/s1. The zero-order chi connectivity index (χ0) is 26.1. The number of benzene rings is 3. The molecule has 1 atom stereocenters. The monoisotopic (exact) mass is 507 g/mol. The average molecular weight is 508 g/mol. The number of nitrogens with one attached hydrogen (secondary N) is 1. The van der Waals surface area contributed by atoms with Crippen LogP contribution in [-0.4, -0.2) is 28.2 Å². The van der Waals surface area contributed by atoms with E-state index in [-0.39, 0.29) is 30.1 Å². The molecular weight excluding hydrogens is 477 g/mol. The Kier molecular flexibility index (Phi) is 6.62. The Morgan fingerprint density at radius 3 is 2.53 bits per heavy atom. The molecule has 0 radical (unpaired) electrons. The van der Waals surface area contributed by atoms with Gasteiger partial charge in [-0.25, -0.2) is 9.37 Å². The number of para-hydroxylation sites is 1. The van der Waals surface area contributed by atoms with Gasteiger partial charge < -0.3 is 10.2 Å². The summed E-state index contributed by atoms with van der Waals surface area (Å²) in [6.45, 7) is 1.12. The topological polar surface area (TPSA) is 62.3 Å². The van der Waals surface area contributed by atoms with Crippen LogP contribution >= 0.6 is 0 Å². The van der Waals surface area contributed by atoms with E-state index < -0.39 is 0 Å². The molecule has 0 bridgehead atoms. The fraction of sp³-hybridized carbons (Fsp3) is 0.281. The molecule has 2 fully saturated rings. The SMILES string of the molecule is O=C(Cc1c(CN2CCCC2=O)c(-c2ccccc2)nc2ccccc12)N[C@H](c1cccc(F)c1)C1CC1. The van der Waals surface area contributed by atoms with Gasteiger partial charge in [-0.15, -0.1) is 0 Å². The second kappa shape index (κ2) is 10.4. The lowest BCUT2D eigenvalue weighted by molar-refractivity contribution is -0.128. The number of amides is 2. The minimum absolute atomic E-state index is 0.115. The summed E-state index contributed by atoms with van der Waals surface area (Å²) in [5, 5.41) is 4.13. The lowest BCUT2D eigenvalue weighted by atomic mass is 9.93. The van der Waals surface area contributed by atoms with Crippen molar-refractivity contribution in [1.82, 2.24) is 15.2 Å². The molecule has 6 rings (SSSR count). The Bertz CT molecular complexity index is 1500. The third-order valence-corrected chi connectivity index (χ3v) is 7.63. The maximum atomic E-state index is 14.0. The molecule has 3 aromatic carbocycles. The van der Waals surface area contributed by atoms with Crippen molar-refractivity contribution in [2.75, 3.05) is 6.54 Å². The molecule has 1 aliphatic heterocycles. The summed E-state index contributed by atoms with van der Waals surface area (Å²) in [5.41, 5.74) is 5.17. The van der Waals surface area contributed by atoms with Gasteiger partial charge in [-0.05, 0) is 54.5 Å². The Labute approximate surface area is 221 Å². The van der Waals surface area contributed by atoms with Crippen molar-refractivity contribution in [2.45, 2.75) is 44.7 Å². The molecule has 38 heavy (non-hydrogen) atoms. The molecule has 1 aromatic heterocycles. The number of aromatic nitrogens is 1. The van der Waals surface area contributed by atoms with Crippen LogP contribution in [0.25, 0.3) is 22.2 Å². The molecule has 2 aliphatic rings. The van der Waals surface area contributed by atoms with Crippen LogP contribution in [0.5, 0.6) is 0 Å². The molecule has 1 aliphatic carbocycles. The van der Waals surface area contributed by atoms with Gasteiger partial charge in [0, 0.05) is 36.0 Å². The Hall–Kier alpha value is -4.06. The maximum Gasteiger partial charge on any atom is 0.224 e. The highest BCUT2D eigenvalue weighted by Gasteiger charge is 2.34. The molecule has 0 unspecified atom stereocenters. The zero-order valence-electron chi connectivity index (χ0n) is 21.2. The van der Waals surface area contributed by atoms with Crippen LogP contribution in [0.1, 0.15) is 48.4 Å². The number of likely N-dealkylation sites (tertiary alicyclic amines) is 1. The molecule has 1 saturated carbocycles. The van der Waals surface area contributed by atoms with Crippen molar-refractivity contribution in [3.8, 4) is 11.3 Å². The zero-order valence-corrected chi connectivity index (χ0v) is 21.2. The molecule has 0 spiro atoms. The van der Waals surface area contributed by atoms with Crippen molar-refractivity contribution < 1.29 is 14.0 Å². The van der Waals surface area contributed by atoms with Crippen LogP contribution in [0.3, 0.4) is 0 Å². The number of rotatable bonds is 8. The quantitative estimate of drug-likeness (QED) is 0.319. The van der Waals surface area contributed by atoms with E-state index in [1.165, 1.54) is 12.1 Å². The Morgan fingerprint density at radius 1 is 1.00 bits per heavy atom. The molecule has 2 heterocycles. The van der Waals surface area contributed by atoms with Gasteiger partial charge in [-0.2, -0.15) is 0 Å². The van der Waals surface area contributed by atoms with Crippen LogP contribution < -0.4 is 5.32 Å². The van der Waals surface area contributed by atoms with E-state index in [1.54, 1.807) is 6.07 Å². The smallest absolute Gasteiger partial charge is 0.224 e. The van der Waals surface area contributed by atoms with E-state index in [0.29, 0.717) is 25.4 Å². The predicted octanol–water partition coefficient (Wildman–Crippen LogP) is 5.97. The minimum atomic E-state index is -0.299. The summed E-state index contributed by atoms with van der Waals surface area (Å²) in [5.74, 6) is 0.0344. The summed E-state index contributed by atoms with van der Waals surface area (Å²) in [7, 11) is 0. The number of halogens is 1. The van der Waals surface area contributed by atoms with E-state index in [9.17, 15) is 14.0 Å². The molecule has 4 aromatic rings. The first-order chi connectivity index (χ1) is 18.6. The number of hydrogen-bond acceptors (Lipinski definition) is 3. The van der Waals surface area contributed by atoms with E-state index in [4.69, 9.17) is 4.98 Å². The van der Waals surface area contributed by atoms with Gasteiger partial charge in [0.15, 0.2) is 0 Å². The lowest BCUT2D eigenvalue weighted by Crippen LogP contribution is -2.32. The molecule has 2 amide bonds.